The molecule has 2 fully saturated rings. The normalized spacial score (nSPS) is 26.6. The molecule has 0 aliphatic carbocycles. The fourth-order valence-electron chi connectivity index (χ4n) is 3.23. The highest BCUT2D eigenvalue weighted by atomic mass is 32.1. The minimum Gasteiger partial charge on any atom is -0.300 e. The van der Waals surface area contributed by atoms with Crippen molar-refractivity contribution >= 4 is 22.4 Å². The molecule has 2 aliphatic heterocycles. The minimum atomic E-state index is -0.0192. The molecule has 3 rings (SSSR count). The predicted octanol–water partition coefficient (Wildman–Crippen LogP) is 2.65. The number of carbonyl (C=O) groups excluding carboxylic acids is 1. The van der Waals surface area contributed by atoms with E-state index >= 15 is 0 Å². The summed E-state index contributed by atoms with van der Waals surface area (Å²) in [5.41, 5.74) is -0.0192. The van der Waals surface area contributed by atoms with E-state index in [2.05, 4.69) is 41.2 Å². The van der Waals surface area contributed by atoms with Crippen LogP contribution in [0.3, 0.4) is 0 Å². The number of amides is 1. The van der Waals surface area contributed by atoms with Crippen LogP contribution in [0.15, 0.2) is 0 Å². The van der Waals surface area contributed by atoms with Crippen molar-refractivity contribution in [3.8, 4) is 0 Å². The van der Waals surface area contributed by atoms with Crippen molar-refractivity contribution in [3.63, 3.8) is 0 Å². The standard InChI is InChI=1S/C15H24N4OS/c1-15(2,3)13-17-18-14(21-13)16-12(20)10-8-11-6-4-5-7-19(11)9-10/h10-11H,4-9H2,1-3H3,(H,16,18,20). The number of rotatable bonds is 2. The van der Waals surface area contributed by atoms with E-state index in [0.29, 0.717) is 11.2 Å². The van der Waals surface area contributed by atoms with Crippen LogP contribution in [-0.2, 0) is 10.2 Å². The number of nitrogens with zero attached hydrogens (tertiary/aromatic N) is 3. The summed E-state index contributed by atoms with van der Waals surface area (Å²) >= 11 is 1.48. The highest BCUT2D eigenvalue weighted by Gasteiger charge is 2.37. The van der Waals surface area contributed by atoms with E-state index in [-0.39, 0.29) is 17.2 Å². The molecule has 1 aromatic rings. The summed E-state index contributed by atoms with van der Waals surface area (Å²) in [6.45, 7) is 8.37. The summed E-state index contributed by atoms with van der Waals surface area (Å²) < 4.78 is 0. The van der Waals surface area contributed by atoms with Gasteiger partial charge in [0.05, 0.1) is 5.92 Å². The Balaban J connectivity index is 1.60. The predicted molar refractivity (Wildman–Crippen MR) is 84.6 cm³/mol. The lowest BCUT2D eigenvalue weighted by molar-refractivity contribution is -0.119. The van der Waals surface area contributed by atoms with Gasteiger partial charge in [0.15, 0.2) is 0 Å². The van der Waals surface area contributed by atoms with Crippen LogP contribution < -0.4 is 5.32 Å². The number of anilines is 1. The minimum absolute atomic E-state index is 0.0192. The third-order valence-electron chi connectivity index (χ3n) is 4.43. The van der Waals surface area contributed by atoms with E-state index in [4.69, 9.17) is 0 Å². The molecule has 1 N–H and O–H groups in total. The zero-order valence-corrected chi connectivity index (χ0v) is 13.9. The van der Waals surface area contributed by atoms with Crippen molar-refractivity contribution in [2.45, 2.75) is 57.9 Å². The van der Waals surface area contributed by atoms with Crippen LogP contribution in [0.4, 0.5) is 5.13 Å². The van der Waals surface area contributed by atoms with Gasteiger partial charge in [-0.15, -0.1) is 10.2 Å². The van der Waals surface area contributed by atoms with Gasteiger partial charge in [-0.2, -0.15) is 0 Å². The van der Waals surface area contributed by atoms with Gasteiger partial charge < -0.3 is 5.32 Å². The maximum atomic E-state index is 12.4. The lowest BCUT2D eigenvalue weighted by Gasteiger charge is -2.28. The van der Waals surface area contributed by atoms with Gasteiger partial charge >= 0.3 is 0 Å². The Morgan fingerprint density at radius 2 is 2.14 bits per heavy atom. The number of fused-ring (bicyclic) bond motifs is 1. The first-order valence-electron chi connectivity index (χ1n) is 7.82. The second-order valence-electron chi connectivity index (χ2n) is 7.23. The van der Waals surface area contributed by atoms with Crippen LogP contribution in [0.1, 0.15) is 51.5 Å². The number of nitrogens with one attached hydrogen (secondary N) is 1. The third kappa shape index (κ3) is 3.26. The molecule has 21 heavy (non-hydrogen) atoms. The van der Waals surface area contributed by atoms with E-state index in [1.54, 1.807) is 0 Å². The Hall–Kier alpha value is -1.01. The summed E-state index contributed by atoms with van der Waals surface area (Å²) in [6, 6.07) is 0.619. The van der Waals surface area contributed by atoms with Crippen molar-refractivity contribution in [1.82, 2.24) is 15.1 Å². The van der Waals surface area contributed by atoms with Gasteiger partial charge in [-0.25, -0.2) is 0 Å². The molecule has 116 valence electrons. The summed E-state index contributed by atoms with van der Waals surface area (Å²) in [4.78, 5) is 14.9. The molecule has 0 bridgehead atoms. The molecular weight excluding hydrogens is 284 g/mol. The quantitative estimate of drug-likeness (QED) is 0.912. The van der Waals surface area contributed by atoms with Gasteiger partial charge in [-0.05, 0) is 25.8 Å². The molecule has 5 nitrogen and oxygen atoms in total. The first-order chi connectivity index (χ1) is 9.93. The van der Waals surface area contributed by atoms with E-state index in [1.165, 1.54) is 30.6 Å². The average Bonchev–Trinajstić information content (AvgIpc) is 3.03. The van der Waals surface area contributed by atoms with Gasteiger partial charge in [-0.3, -0.25) is 9.69 Å². The van der Waals surface area contributed by atoms with Crippen molar-refractivity contribution in [2.24, 2.45) is 5.92 Å². The zero-order chi connectivity index (χ0) is 15.0. The summed E-state index contributed by atoms with van der Waals surface area (Å²) in [7, 11) is 0. The first-order valence-corrected chi connectivity index (χ1v) is 8.64. The maximum absolute atomic E-state index is 12.4. The van der Waals surface area contributed by atoms with Crippen molar-refractivity contribution in [1.29, 1.82) is 0 Å². The number of carbonyl (C=O) groups is 1. The van der Waals surface area contributed by atoms with Gasteiger partial charge in [0, 0.05) is 18.0 Å². The Kier molecular flexibility index (Phi) is 4.01. The molecule has 6 heteroatoms. The Morgan fingerprint density at radius 3 is 2.81 bits per heavy atom. The fourth-order valence-corrected chi connectivity index (χ4v) is 4.03. The maximum Gasteiger partial charge on any atom is 0.230 e. The third-order valence-corrected chi connectivity index (χ3v) is 5.69. The Labute approximate surface area is 130 Å². The molecule has 2 atom stereocenters. The fraction of sp³-hybridized carbons (Fsp3) is 0.800. The lowest BCUT2D eigenvalue weighted by Crippen LogP contribution is -2.34. The van der Waals surface area contributed by atoms with E-state index in [9.17, 15) is 4.79 Å². The molecule has 1 aromatic heterocycles. The SMILES string of the molecule is CC(C)(C)c1nnc(NC(=O)C2CC3CCCCN3C2)s1. The van der Waals surface area contributed by atoms with E-state index in [1.807, 2.05) is 0 Å². The Morgan fingerprint density at radius 1 is 1.33 bits per heavy atom. The van der Waals surface area contributed by atoms with Crippen LogP contribution in [0.25, 0.3) is 0 Å². The van der Waals surface area contributed by atoms with Gasteiger partial charge in [-0.1, -0.05) is 38.5 Å². The van der Waals surface area contributed by atoms with Crippen molar-refractivity contribution in [3.05, 3.63) is 5.01 Å². The summed E-state index contributed by atoms with van der Waals surface area (Å²) in [5.74, 6) is 0.219. The lowest BCUT2D eigenvalue weighted by atomic mass is 9.98. The van der Waals surface area contributed by atoms with Crippen LogP contribution in [0.2, 0.25) is 0 Å². The monoisotopic (exact) mass is 308 g/mol. The first kappa shape index (κ1) is 14.9. The molecule has 0 saturated carbocycles. The van der Waals surface area contributed by atoms with Crippen molar-refractivity contribution < 1.29 is 4.79 Å². The van der Waals surface area contributed by atoms with E-state index in [0.717, 1.165) is 24.5 Å². The van der Waals surface area contributed by atoms with Crippen LogP contribution in [0, 0.1) is 5.92 Å². The second kappa shape index (κ2) is 5.65. The Bertz CT molecular complexity index is 508. The number of aromatic nitrogens is 2. The molecular formula is C15H24N4OS. The van der Waals surface area contributed by atoms with Crippen LogP contribution in [0.5, 0.6) is 0 Å². The second-order valence-corrected chi connectivity index (χ2v) is 8.21. The molecule has 2 aliphatic rings. The highest BCUT2D eigenvalue weighted by Crippen LogP contribution is 2.32. The summed E-state index contributed by atoms with van der Waals surface area (Å²) in [5, 5.41) is 12.8. The topological polar surface area (TPSA) is 58.1 Å². The number of hydrogen-bond donors (Lipinski definition) is 1. The van der Waals surface area contributed by atoms with Gasteiger partial charge in [0.2, 0.25) is 11.0 Å². The molecule has 2 unspecified atom stereocenters. The zero-order valence-electron chi connectivity index (χ0n) is 13.1. The molecule has 0 aromatic carbocycles. The van der Waals surface area contributed by atoms with Crippen LogP contribution in [-0.4, -0.2) is 40.1 Å². The number of hydrogen-bond acceptors (Lipinski definition) is 5. The smallest absolute Gasteiger partial charge is 0.230 e. The summed E-state index contributed by atoms with van der Waals surface area (Å²) in [6.07, 6.45) is 4.82. The van der Waals surface area contributed by atoms with Crippen molar-refractivity contribution in [2.75, 3.05) is 18.4 Å². The molecule has 3 heterocycles. The van der Waals surface area contributed by atoms with Crippen LogP contribution >= 0.6 is 11.3 Å². The highest BCUT2D eigenvalue weighted by molar-refractivity contribution is 7.15. The van der Waals surface area contributed by atoms with E-state index < -0.39 is 0 Å². The largest absolute Gasteiger partial charge is 0.300 e. The van der Waals surface area contributed by atoms with Gasteiger partial charge in [0.1, 0.15) is 5.01 Å². The molecule has 1 amide bonds. The molecule has 0 radical (unpaired) electrons. The molecule has 2 saturated heterocycles. The van der Waals surface area contributed by atoms with Gasteiger partial charge in [0.25, 0.3) is 0 Å². The molecule has 0 spiro atoms. The number of piperidine rings is 1. The average molecular weight is 308 g/mol.